The number of carbonyl (C=O) groups excluding carboxylic acids is 2. The first kappa shape index (κ1) is 25.7. The molecule has 38 heavy (non-hydrogen) atoms. The third kappa shape index (κ3) is 4.83. The molecule has 2 aromatic heterocycles. The van der Waals surface area contributed by atoms with Gasteiger partial charge in [0.1, 0.15) is 23.5 Å². The fraction of sp³-hybridized carbons (Fsp3) is 0.308. The van der Waals surface area contributed by atoms with Crippen molar-refractivity contribution in [2.75, 3.05) is 34.8 Å². The summed E-state index contributed by atoms with van der Waals surface area (Å²) in [5.41, 5.74) is 3.43. The molecule has 2 aliphatic rings. The van der Waals surface area contributed by atoms with E-state index in [4.69, 9.17) is 4.74 Å². The van der Waals surface area contributed by atoms with E-state index in [2.05, 4.69) is 15.3 Å². The van der Waals surface area contributed by atoms with Gasteiger partial charge in [0.15, 0.2) is 12.3 Å². The standard InChI is InChI=1S/C26H26F2N6O3S/c1-3-4-5-32(15-35)23-11-24-20(9-22(23)27)21-14-30-25(10-19(21)16(2)37-24)31-17-8-18(13-29-12-17)33-6-7-34(38-28)26(33)36/h8-16H,3-7H2,1-2H3,(H,30,31). The van der Waals surface area contributed by atoms with Crippen LogP contribution in [0.1, 0.15) is 38.4 Å². The minimum atomic E-state index is -0.512. The largest absolute Gasteiger partial charge is 0.485 e. The van der Waals surface area contributed by atoms with E-state index in [9.17, 15) is 13.5 Å². The summed E-state index contributed by atoms with van der Waals surface area (Å²) in [7, 11) is 0. The fourth-order valence-corrected chi connectivity index (χ4v) is 4.90. The number of nitrogens with zero attached hydrogens (tertiary/aromatic N) is 5. The average Bonchev–Trinajstić information content (AvgIpc) is 3.30. The van der Waals surface area contributed by atoms with E-state index in [0.29, 0.717) is 48.0 Å². The minimum Gasteiger partial charge on any atom is -0.485 e. The molecule has 5 rings (SSSR count). The van der Waals surface area contributed by atoms with Crippen molar-refractivity contribution in [1.29, 1.82) is 0 Å². The van der Waals surface area contributed by atoms with Gasteiger partial charge in [0, 0.05) is 42.0 Å². The lowest BCUT2D eigenvalue weighted by atomic mass is 9.94. The van der Waals surface area contributed by atoms with Gasteiger partial charge in [-0.1, -0.05) is 13.3 Å². The van der Waals surface area contributed by atoms with Crippen LogP contribution in [0.25, 0.3) is 11.1 Å². The number of ether oxygens (including phenoxy) is 1. The molecule has 0 aliphatic carbocycles. The summed E-state index contributed by atoms with van der Waals surface area (Å²) in [4.78, 5) is 35.4. The van der Waals surface area contributed by atoms with E-state index in [1.54, 1.807) is 30.7 Å². The maximum absolute atomic E-state index is 15.1. The quantitative estimate of drug-likeness (QED) is 0.262. The molecule has 1 N–H and O–H groups in total. The molecule has 2 aliphatic heterocycles. The zero-order chi connectivity index (χ0) is 26.8. The van der Waals surface area contributed by atoms with Crippen LogP contribution in [0.4, 0.5) is 36.0 Å². The Morgan fingerprint density at radius 2 is 2.05 bits per heavy atom. The second kappa shape index (κ2) is 10.8. The summed E-state index contributed by atoms with van der Waals surface area (Å²) in [5.74, 6) is 0.487. The Morgan fingerprint density at radius 1 is 1.21 bits per heavy atom. The van der Waals surface area contributed by atoms with Crippen LogP contribution >= 0.6 is 12.3 Å². The number of halogens is 2. The van der Waals surface area contributed by atoms with Crippen LogP contribution in [-0.4, -0.2) is 46.3 Å². The second-order valence-corrected chi connectivity index (χ2v) is 9.61. The van der Waals surface area contributed by atoms with Crippen LogP contribution < -0.4 is 19.9 Å². The minimum absolute atomic E-state index is 0.0959. The third-order valence-corrected chi connectivity index (χ3v) is 7.07. The Kier molecular flexibility index (Phi) is 7.32. The topological polar surface area (TPSA) is 90.9 Å². The summed E-state index contributed by atoms with van der Waals surface area (Å²) in [6, 6.07) is 6.07. The van der Waals surface area contributed by atoms with Gasteiger partial charge in [-0.25, -0.2) is 18.5 Å². The molecule has 1 saturated heterocycles. The lowest BCUT2D eigenvalue weighted by Gasteiger charge is -2.28. The van der Waals surface area contributed by atoms with Crippen molar-refractivity contribution >= 4 is 47.7 Å². The Labute approximate surface area is 223 Å². The first-order chi connectivity index (χ1) is 18.4. The molecule has 1 atom stereocenters. The van der Waals surface area contributed by atoms with E-state index in [0.717, 1.165) is 28.3 Å². The molecule has 1 aromatic carbocycles. The highest BCUT2D eigenvalue weighted by Gasteiger charge is 2.31. The Hall–Kier alpha value is -3.93. The summed E-state index contributed by atoms with van der Waals surface area (Å²) >= 11 is -0.0959. The third-order valence-electron chi connectivity index (χ3n) is 6.57. The van der Waals surface area contributed by atoms with Gasteiger partial charge >= 0.3 is 6.03 Å². The molecule has 0 spiro atoms. The van der Waals surface area contributed by atoms with Crippen LogP contribution in [0.5, 0.6) is 5.75 Å². The van der Waals surface area contributed by atoms with E-state index < -0.39 is 11.8 Å². The van der Waals surface area contributed by atoms with Crippen LogP contribution in [-0.2, 0) is 4.79 Å². The number of unbranched alkanes of at least 4 members (excludes halogenated alkanes) is 1. The molecule has 0 saturated carbocycles. The molecule has 3 amide bonds. The monoisotopic (exact) mass is 540 g/mol. The van der Waals surface area contributed by atoms with Crippen molar-refractivity contribution in [3.63, 3.8) is 0 Å². The molecule has 12 heteroatoms. The molecular formula is C26H26F2N6O3S. The lowest BCUT2D eigenvalue weighted by molar-refractivity contribution is -0.107. The number of urea groups is 1. The van der Waals surface area contributed by atoms with Crippen LogP contribution in [0, 0.1) is 5.82 Å². The van der Waals surface area contributed by atoms with Crippen LogP contribution in [0.15, 0.2) is 42.9 Å². The number of fused-ring (bicyclic) bond motifs is 3. The number of nitrogens with one attached hydrogen (secondary N) is 1. The van der Waals surface area contributed by atoms with Crippen LogP contribution in [0.3, 0.4) is 0 Å². The molecule has 9 nitrogen and oxygen atoms in total. The van der Waals surface area contributed by atoms with E-state index in [1.165, 1.54) is 15.9 Å². The maximum Gasteiger partial charge on any atom is 0.336 e. The van der Waals surface area contributed by atoms with Gasteiger partial charge in [0.2, 0.25) is 6.41 Å². The van der Waals surface area contributed by atoms with Gasteiger partial charge in [-0.3, -0.25) is 14.7 Å². The van der Waals surface area contributed by atoms with Crippen molar-refractivity contribution in [2.24, 2.45) is 0 Å². The zero-order valence-electron chi connectivity index (χ0n) is 20.9. The first-order valence-corrected chi connectivity index (χ1v) is 12.9. The summed E-state index contributed by atoms with van der Waals surface area (Å²) in [5, 5.41) is 3.19. The van der Waals surface area contributed by atoms with Gasteiger partial charge in [-0.15, -0.1) is 3.89 Å². The SMILES string of the molecule is CCCCN(C=O)c1cc2c(cc1F)-c1cnc(Nc3cncc(N4CCN(SF)C4=O)c3)cc1C(C)O2. The van der Waals surface area contributed by atoms with Gasteiger partial charge in [0.05, 0.1) is 36.0 Å². The Morgan fingerprint density at radius 3 is 2.79 bits per heavy atom. The van der Waals surface area contributed by atoms with E-state index in [-0.39, 0.29) is 30.7 Å². The molecule has 198 valence electrons. The molecule has 4 heterocycles. The predicted octanol–water partition coefficient (Wildman–Crippen LogP) is 6.02. The average molecular weight is 541 g/mol. The van der Waals surface area contributed by atoms with Gasteiger partial charge in [-0.2, -0.15) is 0 Å². The molecule has 0 bridgehead atoms. The van der Waals surface area contributed by atoms with Crippen molar-refractivity contribution < 1.29 is 22.6 Å². The predicted molar refractivity (Wildman–Crippen MR) is 143 cm³/mol. The normalized spacial score (nSPS) is 16.1. The number of hydrogen-bond acceptors (Lipinski definition) is 7. The highest BCUT2D eigenvalue weighted by atomic mass is 32.2. The number of rotatable bonds is 9. The number of amides is 3. The highest BCUT2D eigenvalue weighted by molar-refractivity contribution is 7.92. The van der Waals surface area contributed by atoms with Crippen molar-refractivity contribution in [3.8, 4) is 16.9 Å². The van der Waals surface area contributed by atoms with Gasteiger partial charge in [0.25, 0.3) is 0 Å². The van der Waals surface area contributed by atoms with Crippen molar-refractivity contribution in [2.45, 2.75) is 32.8 Å². The van der Waals surface area contributed by atoms with Crippen LogP contribution in [0.2, 0.25) is 0 Å². The molecule has 1 unspecified atom stereocenters. The maximum atomic E-state index is 15.1. The summed E-state index contributed by atoms with van der Waals surface area (Å²) in [6.07, 6.45) is 6.72. The highest BCUT2D eigenvalue weighted by Crippen LogP contribution is 2.45. The molecular weight excluding hydrogens is 514 g/mol. The second-order valence-electron chi connectivity index (χ2n) is 9.03. The number of carbonyl (C=O) groups is 2. The summed E-state index contributed by atoms with van der Waals surface area (Å²) < 4.78 is 35.2. The molecule has 1 fully saturated rings. The number of anilines is 4. The number of pyridine rings is 2. The smallest absolute Gasteiger partial charge is 0.336 e. The van der Waals surface area contributed by atoms with Gasteiger partial charge in [-0.05, 0) is 31.5 Å². The fourth-order valence-electron chi connectivity index (χ4n) is 4.60. The first-order valence-electron chi connectivity index (χ1n) is 12.3. The zero-order valence-corrected chi connectivity index (χ0v) is 21.7. The molecule has 3 aromatic rings. The Bertz CT molecular complexity index is 1380. The number of benzene rings is 1. The van der Waals surface area contributed by atoms with Crippen molar-refractivity contribution in [1.82, 2.24) is 14.3 Å². The van der Waals surface area contributed by atoms with Crippen molar-refractivity contribution in [3.05, 3.63) is 54.2 Å². The number of hydrogen-bond donors (Lipinski definition) is 1. The Balaban J connectivity index is 1.40. The number of aromatic nitrogens is 2. The van der Waals surface area contributed by atoms with E-state index >= 15 is 4.39 Å². The lowest BCUT2D eigenvalue weighted by Crippen LogP contribution is -2.27. The molecule has 0 radical (unpaired) electrons. The van der Waals surface area contributed by atoms with E-state index in [1.807, 2.05) is 19.9 Å². The summed E-state index contributed by atoms with van der Waals surface area (Å²) in [6.45, 7) is 4.95. The van der Waals surface area contributed by atoms with Gasteiger partial charge < -0.3 is 15.0 Å².